The molecule has 1 atom stereocenters. The van der Waals surface area contributed by atoms with Crippen molar-refractivity contribution in [2.45, 2.75) is 32.3 Å². The van der Waals surface area contributed by atoms with Gasteiger partial charge in [-0.2, -0.15) is 4.99 Å². The molecule has 5 nitrogen and oxygen atoms in total. The highest BCUT2D eigenvalue weighted by atomic mass is 19.4. The predicted molar refractivity (Wildman–Crippen MR) is 69.9 cm³/mol. The zero-order chi connectivity index (χ0) is 15.8. The second-order valence-corrected chi connectivity index (χ2v) is 4.81. The maximum Gasteiger partial charge on any atom is 0.573 e. The van der Waals surface area contributed by atoms with Gasteiger partial charge in [-0.3, -0.25) is 0 Å². The van der Waals surface area contributed by atoms with Crippen LogP contribution in [-0.2, 0) is 0 Å². The Balaban J connectivity index is 2.46. The van der Waals surface area contributed by atoms with Gasteiger partial charge in [0.2, 0.25) is 0 Å². The van der Waals surface area contributed by atoms with Crippen LogP contribution in [0.4, 0.5) is 18.0 Å². The molecule has 0 radical (unpaired) electrons. The number of halogens is 3. The Morgan fingerprint density at radius 3 is 2.52 bits per heavy atom. The number of amidine groups is 1. The molecule has 21 heavy (non-hydrogen) atoms. The van der Waals surface area contributed by atoms with Crippen LogP contribution in [0.25, 0.3) is 0 Å². The summed E-state index contributed by atoms with van der Waals surface area (Å²) in [5.74, 6) is -0.444. The van der Waals surface area contributed by atoms with E-state index < -0.39 is 24.2 Å². The van der Waals surface area contributed by atoms with E-state index in [4.69, 9.17) is 5.73 Å². The first-order chi connectivity index (χ1) is 9.70. The lowest BCUT2D eigenvalue weighted by molar-refractivity contribution is -0.275. The standard InChI is InChI=1S/C13H14F3N3O2/c1-7(2)19-10(11(17)18-12(19)20)8-5-3-4-6-9(8)21-13(14,15)16/h3-7,10H,1-2H3,(H2,17,18,20). The van der Waals surface area contributed by atoms with Crippen LogP contribution in [0, 0.1) is 0 Å². The Hall–Kier alpha value is -2.25. The van der Waals surface area contributed by atoms with E-state index in [2.05, 4.69) is 9.73 Å². The number of nitrogens with two attached hydrogens (primary N) is 1. The summed E-state index contributed by atoms with van der Waals surface area (Å²) in [6, 6.07) is 3.86. The number of carbonyl (C=O) groups is 1. The second kappa shape index (κ2) is 5.27. The molecule has 1 heterocycles. The number of hydrogen-bond donors (Lipinski definition) is 1. The second-order valence-electron chi connectivity index (χ2n) is 4.81. The number of hydrogen-bond acceptors (Lipinski definition) is 3. The number of benzene rings is 1. The van der Waals surface area contributed by atoms with E-state index in [9.17, 15) is 18.0 Å². The maximum atomic E-state index is 12.5. The largest absolute Gasteiger partial charge is 0.573 e. The van der Waals surface area contributed by atoms with Crippen molar-refractivity contribution in [2.24, 2.45) is 10.7 Å². The predicted octanol–water partition coefficient (Wildman–Crippen LogP) is 2.83. The van der Waals surface area contributed by atoms with Crippen molar-refractivity contribution < 1.29 is 22.7 Å². The molecule has 114 valence electrons. The van der Waals surface area contributed by atoms with Gasteiger partial charge in [0.1, 0.15) is 17.6 Å². The Kier molecular flexibility index (Phi) is 3.80. The summed E-state index contributed by atoms with van der Waals surface area (Å²) in [5.41, 5.74) is 5.86. The molecule has 2 N–H and O–H groups in total. The van der Waals surface area contributed by atoms with Crippen LogP contribution in [0.2, 0.25) is 0 Å². The topological polar surface area (TPSA) is 67.9 Å². The Labute approximate surface area is 119 Å². The van der Waals surface area contributed by atoms with Crippen LogP contribution < -0.4 is 10.5 Å². The van der Waals surface area contributed by atoms with Crippen molar-refractivity contribution in [1.29, 1.82) is 0 Å². The first-order valence-electron chi connectivity index (χ1n) is 6.21. The fourth-order valence-electron chi connectivity index (χ4n) is 2.23. The van der Waals surface area contributed by atoms with Gasteiger partial charge >= 0.3 is 12.4 Å². The first kappa shape index (κ1) is 15.1. The number of para-hydroxylation sites is 1. The van der Waals surface area contributed by atoms with Crippen molar-refractivity contribution >= 4 is 11.9 Å². The molecule has 1 aliphatic rings. The van der Waals surface area contributed by atoms with Gasteiger partial charge in [-0.1, -0.05) is 18.2 Å². The van der Waals surface area contributed by atoms with Gasteiger partial charge in [-0.25, -0.2) is 4.79 Å². The van der Waals surface area contributed by atoms with Crippen molar-refractivity contribution in [3.05, 3.63) is 29.8 Å². The molecule has 0 saturated carbocycles. The molecule has 1 unspecified atom stereocenters. The average molecular weight is 301 g/mol. The SMILES string of the molecule is CC(C)N1C(=O)N=C(N)C1c1ccccc1OC(F)(F)F. The van der Waals surface area contributed by atoms with Crippen molar-refractivity contribution in [3.8, 4) is 5.75 Å². The van der Waals surface area contributed by atoms with Crippen LogP contribution in [0.15, 0.2) is 29.3 Å². The molecule has 1 aromatic rings. The lowest BCUT2D eigenvalue weighted by atomic mass is 10.0. The van der Waals surface area contributed by atoms with Crippen molar-refractivity contribution in [3.63, 3.8) is 0 Å². The maximum absolute atomic E-state index is 12.5. The van der Waals surface area contributed by atoms with E-state index in [1.165, 1.54) is 23.1 Å². The van der Waals surface area contributed by atoms with E-state index in [0.29, 0.717) is 0 Å². The van der Waals surface area contributed by atoms with Gasteiger partial charge in [0.15, 0.2) is 0 Å². The molecule has 1 aromatic carbocycles. The Morgan fingerprint density at radius 1 is 1.33 bits per heavy atom. The summed E-state index contributed by atoms with van der Waals surface area (Å²) in [4.78, 5) is 16.7. The van der Waals surface area contributed by atoms with Gasteiger partial charge in [0.25, 0.3) is 0 Å². The molecule has 0 fully saturated rings. The number of nitrogens with zero attached hydrogens (tertiary/aromatic N) is 2. The number of alkyl halides is 3. The number of urea groups is 1. The fourth-order valence-corrected chi connectivity index (χ4v) is 2.23. The van der Waals surface area contributed by atoms with Crippen LogP contribution >= 0.6 is 0 Å². The molecule has 0 aromatic heterocycles. The number of rotatable bonds is 3. The Bertz CT molecular complexity index is 584. The summed E-state index contributed by atoms with van der Waals surface area (Å²) >= 11 is 0. The van der Waals surface area contributed by atoms with E-state index in [1.54, 1.807) is 19.9 Å². The van der Waals surface area contributed by atoms with Gasteiger partial charge in [-0.05, 0) is 19.9 Å². The zero-order valence-corrected chi connectivity index (χ0v) is 11.4. The molecule has 2 rings (SSSR count). The first-order valence-corrected chi connectivity index (χ1v) is 6.21. The van der Waals surface area contributed by atoms with Crippen molar-refractivity contribution in [2.75, 3.05) is 0 Å². The highest BCUT2D eigenvalue weighted by molar-refractivity contribution is 6.03. The molecular weight excluding hydrogens is 287 g/mol. The lowest BCUT2D eigenvalue weighted by Crippen LogP contribution is -2.38. The number of carbonyl (C=O) groups excluding carboxylic acids is 1. The summed E-state index contributed by atoms with van der Waals surface area (Å²) < 4.78 is 41.4. The van der Waals surface area contributed by atoms with E-state index in [1.807, 2.05) is 0 Å². The summed E-state index contributed by atoms with van der Waals surface area (Å²) in [6.07, 6.45) is -4.83. The highest BCUT2D eigenvalue weighted by Crippen LogP contribution is 2.36. The van der Waals surface area contributed by atoms with Crippen LogP contribution in [0.1, 0.15) is 25.5 Å². The molecule has 2 amide bonds. The van der Waals surface area contributed by atoms with Crippen LogP contribution in [0.5, 0.6) is 5.75 Å². The van der Waals surface area contributed by atoms with Gasteiger partial charge in [-0.15, -0.1) is 13.2 Å². The van der Waals surface area contributed by atoms with Crippen LogP contribution in [0.3, 0.4) is 0 Å². The minimum Gasteiger partial charge on any atom is -0.405 e. The van der Waals surface area contributed by atoms with Gasteiger partial charge in [0.05, 0.1) is 0 Å². The third-order valence-electron chi connectivity index (χ3n) is 3.00. The van der Waals surface area contributed by atoms with Crippen molar-refractivity contribution in [1.82, 2.24) is 4.90 Å². The third kappa shape index (κ3) is 3.09. The molecular formula is C13H14F3N3O2. The minimum atomic E-state index is -4.83. The third-order valence-corrected chi connectivity index (χ3v) is 3.00. The van der Waals surface area contributed by atoms with E-state index in [0.717, 1.165) is 0 Å². The number of amides is 2. The minimum absolute atomic E-state index is 0.0491. The lowest BCUT2D eigenvalue weighted by Gasteiger charge is -2.29. The normalized spacial score (nSPS) is 19.1. The number of ether oxygens (including phenoxy) is 1. The quantitative estimate of drug-likeness (QED) is 0.933. The molecule has 8 heteroatoms. The highest BCUT2D eigenvalue weighted by Gasteiger charge is 2.40. The monoisotopic (exact) mass is 301 g/mol. The fraction of sp³-hybridized carbons (Fsp3) is 0.385. The molecule has 1 aliphatic heterocycles. The molecule has 0 saturated heterocycles. The van der Waals surface area contributed by atoms with E-state index in [-0.39, 0.29) is 17.4 Å². The molecule has 0 aliphatic carbocycles. The molecule has 0 spiro atoms. The van der Waals surface area contributed by atoms with Crippen LogP contribution in [-0.4, -0.2) is 29.2 Å². The number of aliphatic imine (C=N–C) groups is 1. The molecule has 0 bridgehead atoms. The van der Waals surface area contributed by atoms with Gasteiger partial charge in [0, 0.05) is 11.6 Å². The Morgan fingerprint density at radius 2 is 1.95 bits per heavy atom. The average Bonchev–Trinajstić information content (AvgIpc) is 2.63. The summed E-state index contributed by atoms with van der Waals surface area (Å²) in [5, 5.41) is 0. The summed E-state index contributed by atoms with van der Waals surface area (Å²) in [6.45, 7) is 3.46. The van der Waals surface area contributed by atoms with Gasteiger partial charge < -0.3 is 15.4 Å². The smallest absolute Gasteiger partial charge is 0.405 e. The van der Waals surface area contributed by atoms with E-state index >= 15 is 0 Å². The zero-order valence-electron chi connectivity index (χ0n) is 11.4. The summed E-state index contributed by atoms with van der Waals surface area (Å²) in [7, 11) is 0.